The van der Waals surface area contributed by atoms with Crippen molar-refractivity contribution in [3.63, 3.8) is 0 Å². The van der Waals surface area contributed by atoms with E-state index in [4.69, 9.17) is 15.0 Å². The van der Waals surface area contributed by atoms with E-state index in [1.807, 2.05) is 42.5 Å². The molecule has 1 heterocycles. The number of rotatable bonds is 7. The third-order valence-electron chi connectivity index (χ3n) is 12.5. The van der Waals surface area contributed by atoms with E-state index in [9.17, 15) is 5.26 Å². The number of benzene rings is 10. The van der Waals surface area contributed by atoms with Crippen molar-refractivity contribution in [3.8, 4) is 107 Å². The van der Waals surface area contributed by atoms with Gasteiger partial charge in [-0.3, -0.25) is 0 Å². The molecule has 4 heteroatoms. The van der Waals surface area contributed by atoms with Gasteiger partial charge in [0.15, 0.2) is 17.5 Å². The van der Waals surface area contributed by atoms with Crippen molar-refractivity contribution in [1.82, 2.24) is 15.0 Å². The molecule has 0 N–H and O–H groups in total. The summed E-state index contributed by atoms with van der Waals surface area (Å²) in [7, 11) is 0. The molecule has 0 aliphatic heterocycles. The highest BCUT2D eigenvalue weighted by molar-refractivity contribution is 6.16. The van der Waals surface area contributed by atoms with Crippen LogP contribution in [0.4, 0.5) is 0 Å². The minimum atomic E-state index is 0.607. The van der Waals surface area contributed by atoms with Crippen LogP contribution < -0.4 is 0 Å². The topological polar surface area (TPSA) is 62.5 Å². The molecule has 0 spiro atoms. The zero-order valence-corrected chi connectivity index (χ0v) is 34.6. The molecular formula is C60H36N4. The van der Waals surface area contributed by atoms with Crippen LogP contribution in [-0.4, -0.2) is 15.0 Å². The van der Waals surface area contributed by atoms with E-state index < -0.39 is 0 Å². The number of hydrogen-bond acceptors (Lipinski definition) is 4. The SMILES string of the molecule is N#Cc1ccc(-c2cccc(-c3cccc(-c4nc(-c5ccccc5)nc(-c5cccc6ccccc56)n4)c3)c2)cc1-c1cccc(-c2cc3c4c(cccc4c2)-c2ccccc2-3)c1. The minimum Gasteiger partial charge on any atom is -0.208 e. The van der Waals surface area contributed by atoms with Gasteiger partial charge in [-0.2, -0.15) is 5.26 Å². The van der Waals surface area contributed by atoms with Gasteiger partial charge in [0, 0.05) is 22.3 Å². The van der Waals surface area contributed by atoms with Crippen molar-refractivity contribution >= 4 is 21.5 Å². The first-order valence-electron chi connectivity index (χ1n) is 21.5. The summed E-state index contributed by atoms with van der Waals surface area (Å²) in [5.41, 5.74) is 16.9. The molecule has 64 heavy (non-hydrogen) atoms. The Kier molecular flexibility index (Phi) is 8.84. The molecule has 296 valence electrons. The third kappa shape index (κ3) is 6.43. The Bertz CT molecular complexity index is 3690. The van der Waals surface area contributed by atoms with Gasteiger partial charge in [0.1, 0.15) is 0 Å². The average Bonchev–Trinajstić information content (AvgIpc) is 3.70. The molecular weight excluding hydrogens is 777 g/mol. The minimum absolute atomic E-state index is 0.607. The molecule has 0 amide bonds. The summed E-state index contributed by atoms with van der Waals surface area (Å²) >= 11 is 0. The molecule has 0 atom stereocenters. The summed E-state index contributed by atoms with van der Waals surface area (Å²) in [5, 5.41) is 15.1. The molecule has 0 unspecified atom stereocenters. The quantitative estimate of drug-likeness (QED) is 0.161. The molecule has 0 radical (unpaired) electrons. The van der Waals surface area contributed by atoms with Crippen LogP contribution in [0.3, 0.4) is 0 Å². The van der Waals surface area contributed by atoms with Gasteiger partial charge in [0.25, 0.3) is 0 Å². The number of aromatic nitrogens is 3. The fourth-order valence-corrected chi connectivity index (χ4v) is 9.39. The van der Waals surface area contributed by atoms with Gasteiger partial charge in [-0.1, -0.05) is 176 Å². The Labute approximate surface area is 371 Å². The number of fused-ring (bicyclic) bond motifs is 4. The van der Waals surface area contributed by atoms with Crippen molar-refractivity contribution in [3.05, 3.63) is 224 Å². The molecule has 0 saturated heterocycles. The highest BCUT2D eigenvalue weighted by Gasteiger charge is 2.22. The van der Waals surface area contributed by atoms with Crippen LogP contribution in [0.25, 0.3) is 122 Å². The van der Waals surface area contributed by atoms with E-state index in [0.29, 0.717) is 23.0 Å². The maximum Gasteiger partial charge on any atom is 0.164 e. The van der Waals surface area contributed by atoms with Gasteiger partial charge in [-0.05, 0) is 125 Å². The van der Waals surface area contributed by atoms with Crippen LogP contribution in [0.1, 0.15) is 5.56 Å². The lowest BCUT2D eigenvalue weighted by atomic mass is 9.91. The molecule has 0 saturated carbocycles. The maximum atomic E-state index is 10.4. The first-order chi connectivity index (χ1) is 31.6. The third-order valence-corrected chi connectivity index (χ3v) is 12.5. The molecule has 0 bridgehead atoms. The Morgan fingerprint density at radius 3 is 1.53 bits per heavy atom. The molecule has 1 aliphatic carbocycles. The van der Waals surface area contributed by atoms with E-state index in [-0.39, 0.29) is 0 Å². The fourth-order valence-electron chi connectivity index (χ4n) is 9.39. The standard InChI is InChI=1S/C60H36N4/c61-37-48-30-29-44(35-55(48)45-21-9-20-43(32-45)49-34-46-22-12-27-53-51-25-6-7-26-52(51)56(36-49)57(46)53)41-18-8-17-40(31-41)42-19-10-23-47(33-42)59-62-58(39-14-2-1-3-15-39)63-60(64-59)54-28-11-16-38-13-4-5-24-50(38)54/h1-36H. The lowest BCUT2D eigenvalue weighted by Crippen LogP contribution is -2.00. The predicted molar refractivity (Wildman–Crippen MR) is 262 cm³/mol. The summed E-state index contributed by atoms with van der Waals surface area (Å²) in [4.78, 5) is 15.2. The largest absolute Gasteiger partial charge is 0.208 e. The first-order valence-corrected chi connectivity index (χ1v) is 21.5. The van der Waals surface area contributed by atoms with Crippen molar-refractivity contribution in [2.75, 3.05) is 0 Å². The van der Waals surface area contributed by atoms with Crippen molar-refractivity contribution < 1.29 is 0 Å². The number of nitriles is 1. The molecule has 12 rings (SSSR count). The lowest BCUT2D eigenvalue weighted by Gasteiger charge is -2.13. The smallest absolute Gasteiger partial charge is 0.164 e. The van der Waals surface area contributed by atoms with Gasteiger partial charge in [0.2, 0.25) is 0 Å². The molecule has 4 nitrogen and oxygen atoms in total. The molecule has 1 aromatic heterocycles. The summed E-state index contributed by atoms with van der Waals surface area (Å²) in [6.07, 6.45) is 0. The van der Waals surface area contributed by atoms with E-state index in [1.165, 1.54) is 33.0 Å². The summed E-state index contributed by atoms with van der Waals surface area (Å²) in [6.45, 7) is 0. The van der Waals surface area contributed by atoms with Gasteiger partial charge >= 0.3 is 0 Å². The van der Waals surface area contributed by atoms with Crippen molar-refractivity contribution in [1.29, 1.82) is 5.26 Å². The van der Waals surface area contributed by atoms with Crippen LogP contribution in [0.2, 0.25) is 0 Å². The highest BCUT2D eigenvalue weighted by atomic mass is 15.0. The zero-order chi connectivity index (χ0) is 42.6. The number of hydrogen-bond donors (Lipinski definition) is 0. The second-order valence-corrected chi connectivity index (χ2v) is 16.3. The van der Waals surface area contributed by atoms with Gasteiger partial charge in [-0.25, -0.2) is 15.0 Å². The Morgan fingerprint density at radius 1 is 0.281 bits per heavy atom. The normalized spacial score (nSPS) is 11.4. The first kappa shape index (κ1) is 37.0. The van der Waals surface area contributed by atoms with E-state index in [1.54, 1.807) is 0 Å². The average molecular weight is 813 g/mol. The molecule has 10 aromatic carbocycles. The van der Waals surface area contributed by atoms with Crippen LogP contribution in [0, 0.1) is 11.3 Å². The van der Waals surface area contributed by atoms with Gasteiger partial charge in [0.05, 0.1) is 11.6 Å². The highest BCUT2D eigenvalue weighted by Crippen LogP contribution is 2.49. The number of nitrogens with zero attached hydrogens (tertiary/aromatic N) is 4. The Balaban J connectivity index is 0.905. The monoisotopic (exact) mass is 812 g/mol. The fraction of sp³-hybridized carbons (Fsp3) is 0. The summed E-state index contributed by atoms with van der Waals surface area (Å²) < 4.78 is 0. The van der Waals surface area contributed by atoms with Crippen LogP contribution in [0.5, 0.6) is 0 Å². The summed E-state index contributed by atoms with van der Waals surface area (Å²) in [6, 6.07) is 78.7. The molecule has 11 aromatic rings. The zero-order valence-electron chi connectivity index (χ0n) is 34.6. The maximum absolute atomic E-state index is 10.4. The molecule has 1 aliphatic rings. The second-order valence-electron chi connectivity index (χ2n) is 16.3. The Morgan fingerprint density at radius 2 is 0.766 bits per heavy atom. The lowest BCUT2D eigenvalue weighted by molar-refractivity contribution is 1.08. The van der Waals surface area contributed by atoms with Crippen LogP contribution >= 0.6 is 0 Å². The summed E-state index contributed by atoms with van der Waals surface area (Å²) in [5.74, 6) is 1.86. The van der Waals surface area contributed by atoms with E-state index in [2.05, 4.69) is 182 Å². The van der Waals surface area contributed by atoms with E-state index in [0.717, 1.165) is 72.0 Å². The van der Waals surface area contributed by atoms with Gasteiger partial charge in [-0.15, -0.1) is 0 Å². The van der Waals surface area contributed by atoms with Crippen molar-refractivity contribution in [2.45, 2.75) is 0 Å². The van der Waals surface area contributed by atoms with Crippen LogP contribution in [-0.2, 0) is 0 Å². The van der Waals surface area contributed by atoms with Crippen molar-refractivity contribution in [2.24, 2.45) is 0 Å². The molecule has 0 fully saturated rings. The van der Waals surface area contributed by atoms with E-state index >= 15 is 0 Å². The van der Waals surface area contributed by atoms with Crippen LogP contribution in [0.15, 0.2) is 218 Å². The second kappa shape index (κ2) is 15.3. The Hall–Kier alpha value is -8.78. The predicted octanol–water partition coefficient (Wildman–Crippen LogP) is 15.4. The van der Waals surface area contributed by atoms with Gasteiger partial charge < -0.3 is 0 Å².